The van der Waals surface area contributed by atoms with Gasteiger partial charge in [-0.3, -0.25) is 0 Å². The molecule has 24 heavy (non-hydrogen) atoms. The lowest BCUT2D eigenvalue weighted by atomic mass is 10.2. The van der Waals surface area contributed by atoms with Gasteiger partial charge in [0.1, 0.15) is 17.1 Å². The van der Waals surface area contributed by atoms with Crippen LogP contribution >= 0.6 is 11.3 Å². The molecule has 2 aromatic rings. The molecule has 0 fully saturated rings. The summed E-state index contributed by atoms with van der Waals surface area (Å²) in [6.07, 6.45) is 2.99. The number of rotatable bonds is 5. The standard InChI is InChI=1S/C19H20O4S/c1-19(2,3)23-17(20)12-10-15-9-11-16(24-15)18(21)22-13-14-7-5-4-6-8-14/h4-12H,13H2,1-3H3. The van der Waals surface area contributed by atoms with Crippen LogP contribution in [0.5, 0.6) is 0 Å². The van der Waals surface area contributed by atoms with Gasteiger partial charge in [0, 0.05) is 11.0 Å². The van der Waals surface area contributed by atoms with Crippen LogP contribution in [-0.2, 0) is 20.9 Å². The number of ether oxygens (including phenoxy) is 2. The van der Waals surface area contributed by atoms with Gasteiger partial charge < -0.3 is 9.47 Å². The number of thiophene rings is 1. The molecule has 0 saturated carbocycles. The molecule has 0 spiro atoms. The van der Waals surface area contributed by atoms with Gasteiger partial charge >= 0.3 is 11.9 Å². The van der Waals surface area contributed by atoms with Crippen LogP contribution in [0.25, 0.3) is 6.08 Å². The van der Waals surface area contributed by atoms with Crippen molar-refractivity contribution in [2.45, 2.75) is 33.0 Å². The van der Waals surface area contributed by atoms with E-state index in [1.165, 1.54) is 17.4 Å². The SMILES string of the molecule is CC(C)(C)OC(=O)C=Cc1ccc(C(=O)OCc2ccccc2)s1. The van der Waals surface area contributed by atoms with E-state index < -0.39 is 11.6 Å². The molecule has 1 aromatic carbocycles. The number of esters is 2. The summed E-state index contributed by atoms with van der Waals surface area (Å²) in [4.78, 5) is 24.9. The summed E-state index contributed by atoms with van der Waals surface area (Å²) in [7, 11) is 0. The van der Waals surface area contributed by atoms with E-state index in [0.717, 1.165) is 10.4 Å². The average Bonchev–Trinajstić information content (AvgIpc) is 2.99. The van der Waals surface area contributed by atoms with Gasteiger partial charge in [-0.05, 0) is 44.5 Å². The topological polar surface area (TPSA) is 52.6 Å². The largest absolute Gasteiger partial charge is 0.457 e. The van der Waals surface area contributed by atoms with E-state index in [1.54, 1.807) is 18.2 Å². The van der Waals surface area contributed by atoms with E-state index in [-0.39, 0.29) is 12.6 Å². The van der Waals surface area contributed by atoms with E-state index >= 15 is 0 Å². The highest BCUT2D eigenvalue weighted by Crippen LogP contribution is 2.20. The molecule has 1 aromatic heterocycles. The minimum atomic E-state index is -0.525. The third kappa shape index (κ3) is 6.01. The average molecular weight is 344 g/mol. The monoisotopic (exact) mass is 344 g/mol. The molecule has 2 rings (SSSR count). The molecule has 4 nitrogen and oxygen atoms in total. The number of hydrogen-bond acceptors (Lipinski definition) is 5. The summed E-state index contributed by atoms with van der Waals surface area (Å²) in [5.74, 6) is -0.787. The van der Waals surface area contributed by atoms with E-state index in [1.807, 2.05) is 51.1 Å². The summed E-state index contributed by atoms with van der Waals surface area (Å²) >= 11 is 1.27. The van der Waals surface area contributed by atoms with Crippen molar-refractivity contribution in [1.82, 2.24) is 0 Å². The zero-order chi connectivity index (χ0) is 17.6. The first kappa shape index (κ1) is 17.9. The van der Waals surface area contributed by atoms with Gasteiger partial charge in [-0.1, -0.05) is 30.3 Å². The number of carbonyl (C=O) groups is 2. The molecule has 5 heteroatoms. The maximum Gasteiger partial charge on any atom is 0.348 e. The molecular formula is C19H20O4S. The lowest BCUT2D eigenvalue weighted by molar-refractivity contribution is -0.148. The minimum Gasteiger partial charge on any atom is -0.457 e. The Morgan fingerprint density at radius 2 is 1.79 bits per heavy atom. The Balaban J connectivity index is 1.90. The van der Waals surface area contributed by atoms with Crippen LogP contribution in [0, 0.1) is 0 Å². The third-order valence-electron chi connectivity index (χ3n) is 2.83. The number of benzene rings is 1. The molecule has 0 saturated heterocycles. The van der Waals surface area contributed by atoms with Gasteiger partial charge in [-0.2, -0.15) is 0 Å². The molecule has 0 radical (unpaired) electrons. The van der Waals surface area contributed by atoms with Crippen LogP contribution in [0.15, 0.2) is 48.5 Å². The highest BCUT2D eigenvalue weighted by atomic mass is 32.1. The molecule has 0 aliphatic rings. The van der Waals surface area contributed by atoms with Crippen LogP contribution in [0.1, 0.15) is 40.9 Å². The van der Waals surface area contributed by atoms with Crippen LogP contribution in [0.3, 0.4) is 0 Å². The molecule has 126 valence electrons. The van der Waals surface area contributed by atoms with Crippen LogP contribution in [0.4, 0.5) is 0 Å². The van der Waals surface area contributed by atoms with E-state index in [2.05, 4.69) is 0 Å². The lowest BCUT2D eigenvalue weighted by Gasteiger charge is -2.17. The summed E-state index contributed by atoms with van der Waals surface area (Å²) in [6, 6.07) is 13.0. The van der Waals surface area contributed by atoms with Gasteiger partial charge in [-0.15, -0.1) is 11.3 Å². The summed E-state index contributed by atoms with van der Waals surface area (Å²) in [5.41, 5.74) is 0.413. The Labute approximate surface area is 145 Å². The van der Waals surface area contributed by atoms with Crippen molar-refractivity contribution in [3.05, 3.63) is 63.9 Å². The van der Waals surface area contributed by atoms with Crippen molar-refractivity contribution in [2.75, 3.05) is 0 Å². The lowest BCUT2D eigenvalue weighted by Crippen LogP contribution is -2.22. The van der Waals surface area contributed by atoms with Gasteiger partial charge in [0.15, 0.2) is 0 Å². The fourth-order valence-electron chi connectivity index (χ4n) is 1.83. The Hall–Kier alpha value is -2.40. The maximum absolute atomic E-state index is 12.0. The maximum atomic E-state index is 12.0. The Morgan fingerprint density at radius 1 is 1.08 bits per heavy atom. The second kappa shape index (κ2) is 7.93. The second-order valence-electron chi connectivity index (χ2n) is 6.13. The molecular weight excluding hydrogens is 324 g/mol. The zero-order valence-corrected chi connectivity index (χ0v) is 14.8. The molecule has 1 heterocycles. The Bertz CT molecular complexity index is 723. The number of hydrogen-bond donors (Lipinski definition) is 0. The highest BCUT2D eigenvalue weighted by molar-refractivity contribution is 7.14. The first-order chi connectivity index (χ1) is 11.3. The van der Waals surface area contributed by atoms with E-state index in [9.17, 15) is 9.59 Å². The fraction of sp³-hybridized carbons (Fsp3) is 0.263. The fourth-order valence-corrected chi connectivity index (χ4v) is 2.64. The molecule has 0 aliphatic heterocycles. The van der Waals surface area contributed by atoms with Crippen molar-refractivity contribution in [3.63, 3.8) is 0 Å². The van der Waals surface area contributed by atoms with Crippen molar-refractivity contribution in [1.29, 1.82) is 0 Å². The molecule has 0 amide bonds. The van der Waals surface area contributed by atoms with Gasteiger partial charge in [0.2, 0.25) is 0 Å². The number of carbonyl (C=O) groups excluding carboxylic acids is 2. The third-order valence-corrected chi connectivity index (χ3v) is 3.86. The first-order valence-corrected chi connectivity index (χ1v) is 8.37. The summed E-state index contributed by atoms with van der Waals surface area (Å²) in [5, 5.41) is 0. The predicted molar refractivity (Wildman–Crippen MR) is 94.8 cm³/mol. The quantitative estimate of drug-likeness (QED) is 0.593. The second-order valence-corrected chi connectivity index (χ2v) is 7.25. The van der Waals surface area contributed by atoms with Crippen LogP contribution < -0.4 is 0 Å². The molecule has 0 N–H and O–H groups in total. The normalized spacial score (nSPS) is 11.5. The van der Waals surface area contributed by atoms with Gasteiger partial charge in [0.25, 0.3) is 0 Å². The van der Waals surface area contributed by atoms with E-state index in [0.29, 0.717) is 4.88 Å². The van der Waals surface area contributed by atoms with Crippen LogP contribution in [0.2, 0.25) is 0 Å². The highest BCUT2D eigenvalue weighted by Gasteiger charge is 2.14. The van der Waals surface area contributed by atoms with E-state index in [4.69, 9.17) is 9.47 Å². The summed E-state index contributed by atoms with van der Waals surface area (Å²) < 4.78 is 10.5. The van der Waals surface area contributed by atoms with Gasteiger partial charge in [0.05, 0.1) is 0 Å². The molecule has 0 bridgehead atoms. The summed E-state index contributed by atoms with van der Waals surface area (Å²) in [6.45, 7) is 5.67. The predicted octanol–water partition coefficient (Wildman–Crippen LogP) is 4.46. The molecule has 0 atom stereocenters. The smallest absolute Gasteiger partial charge is 0.348 e. The molecule has 0 unspecified atom stereocenters. The van der Waals surface area contributed by atoms with Crippen LogP contribution in [-0.4, -0.2) is 17.5 Å². The first-order valence-electron chi connectivity index (χ1n) is 7.55. The van der Waals surface area contributed by atoms with Crippen molar-refractivity contribution in [3.8, 4) is 0 Å². The van der Waals surface area contributed by atoms with Crippen molar-refractivity contribution >= 4 is 29.4 Å². The van der Waals surface area contributed by atoms with Gasteiger partial charge in [-0.25, -0.2) is 9.59 Å². The minimum absolute atomic E-state index is 0.237. The Morgan fingerprint density at radius 3 is 2.46 bits per heavy atom. The zero-order valence-electron chi connectivity index (χ0n) is 13.9. The van der Waals surface area contributed by atoms with Crippen molar-refractivity contribution < 1.29 is 19.1 Å². The Kier molecular flexibility index (Phi) is 5.93. The van der Waals surface area contributed by atoms with Crippen molar-refractivity contribution in [2.24, 2.45) is 0 Å². The molecule has 0 aliphatic carbocycles.